The van der Waals surface area contributed by atoms with Crippen LogP contribution in [-0.4, -0.2) is 17.5 Å². The van der Waals surface area contributed by atoms with Crippen molar-refractivity contribution in [3.8, 4) is 0 Å². The summed E-state index contributed by atoms with van der Waals surface area (Å²) in [4.78, 5) is 0. The average molecular weight is 160 g/mol. The van der Waals surface area contributed by atoms with Crippen LogP contribution in [0.25, 0.3) is 0 Å². The molecule has 0 bridgehead atoms. The van der Waals surface area contributed by atoms with Gasteiger partial charge in [0.25, 0.3) is 0 Å². The average Bonchev–Trinajstić information content (AvgIpc) is 1.98. The molecule has 0 saturated heterocycles. The van der Waals surface area contributed by atoms with Crippen LogP contribution in [0.1, 0.15) is 13.3 Å². The van der Waals surface area contributed by atoms with Crippen molar-refractivity contribution >= 4 is 11.8 Å². The second-order valence-electron chi connectivity index (χ2n) is 2.05. The van der Waals surface area contributed by atoms with Gasteiger partial charge in [-0.1, -0.05) is 13.0 Å². The molecule has 10 heavy (non-hydrogen) atoms. The molecule has 2 nitrogen and oxygen atoms in total. The van der Waals surface area contributed by atoms with Gasteiger partial charge in [0.05, 0.1) is 0 Å². The molecule has 3 heteroatoms. The number of thioether (sulfide) groups is 1. The molecule has 0 fully saturated rings. The molecule has 60 valence electrons. The van der Waals surface area contributed by atoms with Gasteiger partial charge in [-0.3, -0.25) is 11.3 Å². The Kier molecular flexibility index (Phi) is 7.13. The summed E-state index contributed by atoms with van der Waals surface area (Å²) in [5, 5.41) is 0. The third-order valence-electron chi connectivity index (χ3n) is 1.21. The zero-order valence-corrected chi connectivity index (χ0v) is 7.29. The first-order chi connectivity index (χ1) is 4.85. The zero-order valence-electron chi connectivity index (χ0n) is 6.47. The van der Waals surface area contributed by atoms with E-state index in [4.69, 9.17) is 5.84 Å². The molecular formula is C7H16N2S. The summed E-state index contributed by atoms with van der Waals surface area (Å²) in [5.41, 5.74) is 2.75. The number of hydrogen-bond donors (Lipinski definition) is 2. The minimum atomic E-state index is 0.391. The van der Waals surface area contributed by atoms with E-state index in [0.29, 0.717) is 6.04 Å². The predicted molar refractivity (Wildman–Crippen MR) is 48.9 cm³/mol. The molecule has 3 N–H and O–H groups in total. The SMILES string of the molecule is C=CCC(CSCC)NN. The van der Waals surface area contributed by atoms with Gasteiger partial charge >= 0.3 is 0 Å². The van der Waals surface area contributed by atoms with Crippen LogP contribution < -0.4 is 11.3 Å². The van der Waals surface area contributed by atoms with E-state index in [0.717, 1.165) is 17.9 Å². The summed E-state index contributed by atoms with van der Waals surface area (Å²) in [5.74, 6) is 7.51. The fourth-order valence-corrected chi connectivity index (χ4v) is 1.40. The molecule has 0 aromatic rings. The first kappa shape index (κ1) is 10.0. The van der Waals surface area contributed by atoms with Crippen LogP contribution >= 0.6 is 11.8 Å². The minimum Gasteiger partial charge on any atom is -0.271 e. The van der Waals surface area contributed by atoms with Crippen molar-refractivity contribution in [3.05, 3.63) is 12.7 Å². The number of hydrazine groups is 1. The minimum absolute atomic E-state index is 0.391. The van der Waals surface area contributed by atoms with Gasteiger partial charge in [0.2, 0.25) is 0 Å². The Morgan fingerprint density at radius 3 is 2.90 bits per heavy atom. The van der Waals surface area contributed by atoms with E-state index in [2.05, 4.69) is 18.9 Å². The highest BCUT2D eigenvalue weighted by Crippen LogP contribution is 2.03. The molecule has 0 aliphatic heterocycles. The molecule has 0 aromatic heterocycles. The summed E-state index contributed by atoms with van der Waals surface area (Å²) < 4.78 is 0. The maximum Gasteiger partial charge on any atom is 0.0335 e. The van der Waals surface area contributed by atoms with Gasteiger partial charge < -0.3 is 0 Å². The molecule has 1 atom stereocenters. The van der Waals surface area contributed by atoms with Gasteiger partial charge in [-0.15, -0.1) is 6.58 Å². The Morgan fingerprint density at radius 1 is 1.80 bits per heavy atom. The van der Waals surface area contributed by atoms with E-state index >= 15 is 0 Å². The molecule has 0 amide bonds. The molecule has 0 aliphatic carbocycles. The van der Waals surface area contributed by atoms with E-state index in [-0.39, 0.29) is 0 Å². The molecule has 0 radical (unpaired) electrons. The largest absolute Gasteiger partial charge is 0.271 e. The zero-order chi connectivity index (χ0) is 7.82. The summed E-state index contributed by atoms with van der Waals surface area (Å²) in [6, 6.07) is 0.391. The van der Waals surface area contributed by atoms with Crippen LogP contribution in [0.15, 0.2) is 12.7 Å². The molecule has 1 unspecified atom stereocenters. The van der Waals surface area contributed by atoms with Crippen molar-refractivity contribution in [2.75, 3.05) is 11.5 Å². The first-order valence-corrected chi connectivity index (χ1v) is 4.65. The molecule has 0 spiro atoms. The van der Waals surface area contributed by atoms with E-state index in [9.17, 15) is 0 Å². The monoisotopic (exact) mass is 160 g/mol. The normalized spacial score (nSPS) is 13.0. The summed E-state index contributed by atoms with van der Waals surface area (Å²) >= 11 is 1.89. The summed E-state index contributed by atoms with van der Waals surface area (Å²) in [7, 11) is 0. The standard InChI is InChI=1S/C7H16N2S/c1-3-5-7(9-8)6-10-4-2/h3,7,9H,1,4-6,8H2,2H3. The highest BCUT2D eigenvalue weighted by atomic mass is 32.2. The van der Waals surface area contributed by atoms with Crippen molar-refractivity contribution in [2.24, 2.45) is 5.84 Å². The van der Waals surface area contributed by atoms with Gasteiger partial charge in [-0.05, 0) is 12.2 Å². The lowest BCUT2D eigenvalue weighted by atomic mass is 10.2. The van der Waals surface area contributed by atoms with Crippen LogP contribution in [0.4, 0.5) is 0 Å². The van der Waals surface area contributed by atoms with Crippen molar-refractivity contribution in [1.29, 1.82) is 0 Å². The van der Waals surface area contributed by atoms with Gasteiger partial charge in [-0.2, -0.15) is 11.8 Å². The fourth-order valence-electron chi connectivity index (χ4n) is 0.645. The smallest absolute Gasteiger partial charge is 0.0335 e. The van der Waals surface area contributed by atoms with Crippen molar-refractivity contribution in [1.82, 2.24) is 5.43 Å². The van der Waals surface area contributed by atoms with Crippen LogP contribution in [0.3, 0.4) is 0 Å². The van der Waals surface area contributed by atoms with Crippen LogP contribution in [0, 0.1) is 0 Å². The van der Waals surface area contributed by atoms with Crippen LogP contribution in [0.5, 0.6) is 0 Å². The van der Waals surface area contributed by atoms with Crippen LogP contribution in [0.2, 0.25) is 0 Å². The second-order valence-corrected chi connectivity index (χ2v) is 3.37. The van der Waals surface area contributed by atoms with E-state index in [1.54, 1.807) is 0 Å². The molecule has 0 rings (SSSR count). The molecule has 0 aromatic carbocycles. The van der Waals surface area contributed by atoms with E-state index in [1.165, 1.54) is 0 Å². The lowest BCUT2D eigenvalue weighted by Crippen LogP contribution is -2.36. The fraction of sp³-hybridized carbons (Fsp3) is 0.714. The summed E-state index contributed by atoms with van der Waals surface area (Å²) in [6.45, 7) is 5.80. The third-order valence-corrected chi connectivity index (χ3v) is 2.26. The number of nitrogens with one attached hydrogen (secondary N) is 1. The maximum atomic E-state index is 5.29. The Balaban J connectivity index is 3.29. The second kappa shape index (κ2) is 7.12. The number of nitrogens with two attached hydrogens (primary N) is 1. The molecular weight excluding hydrogens is 144 g/mol. The highest BCUT2D eigenvalue weighted by Gasteiger charge is 2.01. The van der Waals surface area contributed by atoms with Gasteiger partial charge in [0, 0.05) is 11.8 Å². The lowest BCUT2D eigenvalue weighted by Gasteiger charge is -2.11. The van der Waals surface area contributed by atoms with Gasteiger partial charge in [-0.25, -0.2) is 0 Å². The number of rotatable bonds is 6. The van der Waals surface area contributed by atoms with E-state index < -0.39 is 0 Å². The topological polar surface area (TPSA) is 38.0 Å². The first-order valence-electron chi connectivity index (χ1n) is 3.49. The molecule has 0 heterocycles. The van der Waals surface area contributed by atoms with Gasteiger partial charge in [0.15, 0.2) is 0 Å². The highest BCUT2D eigenvalue weighted by molar-refractivity contribution is 7.99. The Hall–Kier alpha value is 0.01000. The van der Waals surface area contributed by atoms with E-state index in [1.807, 2.05) is 17.8 Å². The summed E-state index contributed by atoms with van der Waals surface area (Å²) in [6.07, 6.45) is 2.84. The predicted octanol–water partition coefficient (Wildman–Crippen LogP) is 1.15. The maximum absolute atomic E-state index is 5.29. The van der Waals surface area contributed by atoms with Crippen LogP contribution in [-0.2, 0) is 0 Å². The Morgan fingerprint density at radius 2 is 2.50 bits per heavy atom. The third kappa shape index (κ3) is 4.85. The number of hydrogen-bond acceptors (Lipinski definition) is 3. The van der Waals surface area contributed by atoms with Crippen molar-refractivity contribution < 1.29 is 0 Å². The Bertz CT molecular complexity index is 85.7. The quantitative estimate of drug-likeness (QED) is 0.348. The Labute approximate surface area is 67.2 Å². The van der Waals surface area contributed by atoms with Crippen molar-refractivity contribution in [3.63, 3.8) is 0 Å². The van der Waals surface area contributed by atoms with Gasteiger partial charge in [0.1, 0.15) is 0 Å². The molecule has 0 aliphatic rings. The molecule has 0 saturated carbocycles. The lowest BCUT2D eigenvalue weighted by molar-refractivity contribution is 0.585. The van der Waals surface area contributed by atoms with Crippen molar-refractivity contribution in [2.45, 2.75) is 19.4 Å².